The largest absolute Gasteiger partial charge is 0.461 e. The molecule has 10 heteroatoms. The van der Waals surface area contributed by atoms with Crippen molar-refractivity contribution in [1.29, 1.82) is 0 Å². The Kier molecular flexibility index (Phi) is 7.09. The van der Waals surface area contributed by atoms with Crippen LogP contribution in [0.15, 0.2) is 48.5 Å². The van der Waals surface area contributed by atoms with E-state index >= 15 is 0 Å². The van der Waals surface area contributed by atoms with Gasteiger partial charge in [0.15, 0.2) is 0 Å². The minimum Gasteiger partial charge on any atom is -0.461 e. The first kappa shape index (κ1) is 22.6. The molecule has 0 amide bonds. The van der Waals surface area contributed by atoms with E-state index in [0.717, 1.165) is 0 Å². The molecule has 1 aliphatic heterocycles. The molecular weight excluding hydrogens is 416 g/mol. The summed E-state index contributed by atoms with van der Waals surface area (Å²) >= 11 is 0. The third-order valence-corrected chi connectivity index (χ3v) is 5.59. The van der Waals surface area contributed by atoms with E-state index in [-0.39, 0.29) is 6.42 Å². The van der Waals surface area contributed by atoms with Crippen molar-refractivity contribution in [2.24, 2.45) is 0 Å². The molecule has 0 bridgehead atoms. The topological polar surface area (TPSA) is 154 Å². The predicted octanol–water partition coefficient (Wildman–Crippen LogP) is -0.0374. The van der Waals surface area contributed by atoms with Crippen molar-refractivity contribution in [2.45, 2.75) is 37.1 Å². The first-order chi connectivity index (χ1) is 14.2. The number of benzene rings is 2. The Balaban J connectivity index is 1.85. The lowest BCUT2D eigenvalue weighted by atomic mass is 9.99. The summed E-state index contributed by atoms with van der Waals surface area (Å²) in [4.78, 5) is 0. The summed E-state index contributed by atoms with van der Waals surface area (Å²) in [7, 11) is -4.08. The molecule has 0 aromatic heterocycles. The van der Waals surface area contributed by atoms with E-state index in [1.54, 1.807) is 48.5 Å². The van der Waals surface area contributed by atoms with Gasteiger partial charge in [-0.15, -0.1) is 0 Å². The minimum atomic E-state index is -4.08. The Morgan fingerprint density at radius 1 is 0.967 bits per heavy atom. The van der Waals surface area contributed by atoms with Crippen LogP contribution in [0.25, 0.3) is 11.1 Å². The number of aliphatic hydroxyl groups excluding tert-OH is 4. The Bertz CT molecular complexity index is 960. The molecule has 2 aromatic carbocycles. The van der Waals surface area contributed by atoms with Crippen LogP contribution in [0.1, 0.15) is 5.56 Å². The van der Waals surface area contributed by atoms with E-state index in [2.05, 4.69) is 0 Å². The molecule has 0 radical (unpaired) electrons. The van der Waals surface area contributed by atoms with Gasteiger partial charge in [-0.05, 0) is 23.6 Å². The smallest absolute Gasteiger partial charge is 0.265 e. The van der Waals surface area contributed by atoms with Crippen LogP contribution in [-0.2, 0) is 21.3 Å². The van der Waals surface area contributed by atoms with E-state index < -0.39 is 53.2 Å². The molecule has 0 saturated carbocycles. The fraction of sp³-hybridized carbons (Fsp3) is 0.400. The van der Waals surface area contributed by atoms with Crippen LogP contribution >= 0.6 is 0 Å². The van der Waals surface area contributed by atoms with E-state index in [4.69, 9.17) is 14.0 Å². The summed E-state index contributed by atoms with van der Waals surface area (Å²) in [5, 5.41) is 39.4. The summed E-state index contributed by atoms with van der Waals surface area (Å²) in [6, 6.07) is 13.8. The van der Waals surface area contributed by atoms with Crippen LogP contribution < -0.4 is 4.74 Å². The van der Waals surface area contributed by atoms with E-state index in [1.165, 1.54) is 0 Å². The van der Waals surface area contributed by atoms with Crippen LogP contribution in [0.4, 0.5) is 0 Å². The summed E-state index contributed by atoms with van der Waals surface area (Å²) < 4.78 is 42.1. The second-order valence-electron chi connectivity index (χ2n) is 7.05. The van der Waals surface area contributed by atoms with E-state index in [0.29, 0.717) is 22.4 Å². The van der Waals surface area contributed by atoms with Crippen molar-refractivity contribution in [1.82, 2.24) is 0 Å². The molecule has 3 rings (SSSR count). The number of hydrogen-bond donors (Lipinski definition) is 5. The monoisotopic (exact) mass is 440 g/mol. The maximum absolute atomic E-state index is 11.0. The zero-order valence-corrected chi connectivity index (χ0v) is 16.7. The van der Waals surface area contributed by atoms with Gasteiger partial charge in [-0.25, -0.2) is 0 Å². The fourth-order valence-corrected chi connectivity index (χ4v) is 3.73. The van der Waals surface area contributed by atoms with Gasteiger partial charge in [0.25, 0.3) is 10.1 Å². The molecule has 0 unspecified atom stereocenters. The lowest BCUT2D eigenvalue weighted by molar-refractivity contribution is -0.277. The number of hydrogen-bond acceptors (Lipinski definition) is 8. The van der Waals surface area contributed by atoms with Crippen molar-refractivity contribution in [3.8, 4) is 16.9 Å². The maximum Gasteiger partial charge on any atom is 0.265 e. The molecule has 0 aliphatic carbocycles. The van der Waals surface area contributed by atoms with Gasteiger partial charge >= 0.3 is 0 Å². The van der Waals surface area contributed by atoms with E-state index in [1.807, 2.05) is 0 Å². The Morgan fingerprint density at radius 3 is 2.40 bits per heavy atom. The molecule has 1 saturated heterocycles. The van der Waals surface area contributed by atoms with Crippen molar-refractivity contribution in [3.63, 3.8) is 0 Å². The quantitative estimate of drug-likeness (QED) is 0.373. The number of ether oxygens (including phenoxy) is 2. The third kappa shape index (κ3) is 5.35. The lowest BCUT2D eigenvalue weighted by Crippen LogP contribution is -2.60. The fourth-order valence-electron chi connectivity index (χ4n) is 3.24. The minimum absolute atomic E-state index is 0.127. The zero-order chi connectivity index (χ0) is 21.9. The number of aliphatic hydroxyl groups is 4. The molecule has 1 fully saturated rings. The predicted molar refractivity (Wildman–Crippen MR) is 106 cm³/mol. The number of para-hydroxylation sites is 1. The van der Waals surface area contributed by atoms with Gasteiger partial charge < -0.3 is 29.9 Å². The molecule has 5 atom stereocenters. The van der Waals surface area contributed by atoms with Crippen molar-refractivity contribution in [2.75, 3.05) is 12.4 Å². The third-order valence-electron chi connectivity index (χ3n) is 4.87. The highest BCUT2D eigenvalue weighted by molar-refractivity contribution is 7.85. The van der Waals surface area contributed by atoms with E-state index in [9.17, 15) is 28.8 Å². The first-order valence-electron chi connectivity index (χ1n) is 9.30. The zero-order valence-electron chi connectivity index (χ0n) is 15.9. The van der Waals surface area contributed by atoms with Gasteiger partial charge in [0.1, 0.15) is 30.2 Å². The Labute approximate surface area is 173 Å². The van der Waals surface area contributed by atoms with Gasteiger partial charge in [-0.1, -0.05) is 42.5 Å². The van der Waals surface area contributed by atoms with Crippen LogP contribution in [0.5, 0.6) is 5.75 Å². The first-order valence-corrected chi connectivity index (χ1v) is 10.9. The molecule has 1 heterocycles. The second kappa shape index (κ2) is 9.40. The van der Waals surface area contributed by atoms with Gasteiger partial charge in [0.05, 0.1) is 12.4 Å². The summed E-state index contributed by atoms with van der Waals surface area (Å²) in [5.41, 5.74) is 2.00. The summed E-state index contributed by atoms with van der Waals surface area (Å²) in [6.45, 7) is -0.567. The van der Waals surface area contributed by atoms with Crippen molar-refractivity contribution in [3.05, 3.63) is 54.1 Å². The Hall–Kier alpha value is -2.05. The van der Waals surface area contributed by atoms with Crippen molar-refractivity contribution < 1.29 is 42.9 Å². The highest BCUT2D eigenvalue weighted by Crippen LogP contribution is 2.33. The van der Waals surface area contributed by atoms with Crippen molar-refractivity contribution >= 4 is 10.1 Å². The number of rotatable bonds is 7. The van der Waals surface area contributed by atoms with Gasteiger partial charge in [-0.3, -0.25) is 4.55 Å². The average molecular weight is 440 g/mol. The summed E-state index contributed by atoms with van der Waals surface area (Å²) in [6.07, 6.45) is -6.88. The van der Waals surface area contributed by atoms with Gasteiger partial charge in [0, 0.05) is 5.56 Å². The van der Waals surface area contributed by atoms with Gasteiger partial charge in [-0.2, -0.15) is 8.42 Å². The number of aryl methyl sites for hydroxylation is 1. The standard InChI is InChI=1S/C20H24O9S/c21-11-16-17(22)18(23)19(24)20(29-16)28-15-7-2-1-6-14(15)13-5-3-4-12(10-13)8-9-30(25,26)27/h1-7,10,16-24H,8-9,11H2,(H,25,26,27)/t16-,17-,18+,19+,20+/m1/s1. The molecule has 30 heavy (non-hydrogen) atoms. The molecule has 9 nitrogen and oxygen atoms in total. The normalized spacial score (nSPS) is 27.0. The second-order valence-corrected chi connectivity index (χ2v) is 8.62. The Morgan fingerprint density at radius 2 is 1.70 bits per heavy atom. The molecule has 1 aliphatic rings. The van der Waals surface area contributed by atoms with Crippen LogP contribution in [0.2, 0.25) is 0 Å². The highest BCUT2D eigenvalue weighted by atomic mass is 32.2. The van der Waals surface area contributed by atoms with Crippen LogP contribution in [-0.4, -0.2) is 76.5 Å². The SMILES string of the molecule is O=S(=O)(O)CCc1cccc(-c2ccccc2O[C@H]2O[C@H](CO)[C@@H](O)[C@H](O)[C@@H]2O)c1. The summed E-state index contributed by atoms with van der Waals surface area (Å²) in [5.74, 6) is -0.0896. The van der Waals surface area contributed by atoms with Gasteiger partial charge in [0.2, 0.25) is 6.29 Å². The molecule has 164 valence electrons. The molecule has 2 aromatic rings. The maximum atomic E-state index is 11.0. The highest BCUT2D eigenvalue weighted by Gasteiger charge is 2.44. The van der Waals surface area contributed by atoms with Crippen LogP contribution in [0.3, 0.4) is 0 Å². The molecule has 5 N–H and O–H groups in total. The van der Waals surface area contributed by atoms with Crippen LogP contribution in [0, 0.1) is 0 Å². The molecule has 0 spiro atoms. The molecular formula is C20H24O9S. The lowest BCUT2D eigenvalue weighted by Gasteiger charge is -2.39. The average Bonchev–Trinajstić information content (AvgIpc) is 2.73.